The highest BCUT2D eigenvalue weighted by molar-refractivity contribution is 5.93. The normalized spacial score (nSPS) is 11.2. The Balaban J connectivity index is 2.92. The van der Waals surface area contributed by atoms with Crippen molar-refractivity contribution >= 4 is 5.90 Å². The first-order valence-electron chi connectivity index (χ1n) is 3.25. The minimum Gasteiger partial charge on any atom is -0.480 e. The fourth-order valence-electron chi connectivity index (χ4n) is 0.826. The third-order valence-electron chi connectivity index (χ3n) is 1.33. The zero-order valence-corrected chi connectivity index (χ0v) is 6.32. The first-order valence-corrected chi connectivity index (χ1v) is 3.25. The molecular formula is C8H10N2O. The molecule has 0 fully saturated rings. The number of ether oxygens (including phenoxy) is 1. The van der Waals surface area contributed by atoms with Crippen molar-refractivity contribution in [3.8, 4) is 0 Å². The van der Waals surface area contributed by atoms with E-state index in [9.17, 15) is 0 Å². The van der Waals surface area contributed by atoms with Gasteiger partial charge in [-0.25, -0.2) is 0 Å². The molecule has 58 valence electrons. The second-order valence-corrected chi connectivity index (χ2v) is 2.00. The Morgan fingerprint density at radius 3 is 2.45 bits per heavy atom. The summed E-state index contributed by atoms with van der Waals surface area (Å²) in [5.74, 6) is 5.53. The van der Waals surface area contributed by atoms with Crippen LogP contribution in [0.25, 0.3) is 0 Å². The summed E-state index contributed by atoms with van der Waals surface area (Å²) in [6, 6.07) is 9.50. The Morgan fingerprint density at radius 2 is 2.00 bits per heavy atom. The first-order chi connectivity index (χ1) is 5.38. The third-order valence-corrected chi connectivity index (χ3v) is 1.33. The Labute approximate surface area is 65.5 Å². The summed E-state index contributed by atoms with van der Waals surface area (Å²) >= 11 is 0. The Kier molecular flexibility index (Phi) is 2.49. The fraction of sp³-hybridized carbons (Fsp3) is 0.125. The van der Waals surface area contributed by atoms with E-state index in [1.165, 1.54) is 0 Å². The number of rotatable bonds is 1. The van der Waals surface area contributed by atoms with E-state index in [0.717, 1.165) is 5.56 Å². The van der Waals surface area contributed by atoms with E-state index in [0.29, 0.717) is 5.90 Å². The van der Waals surface area contributed by atoms with Crippen molar-refractivity contribution in [3.05, 3.63) is 35.9 Å². The Morgan fingerprint density at radius 1 is 1.36 bits per heavy atom. The van der Waals surface area contributed by atoms with Gasteiger partial charge in [0.2, 0.25) is 5.90 Å². The van der Waals surface area contributed by atoms with Crippen LogP contribution in [0.2, 0.25) is 0 Å². The van der Waals surface area contributed by atoms with E-state index in [-0.39, 0.29) is 0 Å². The minimum atomic E-state index is 0.450. The van der Waals surface area contributed by atoms with Crippen molar-refractivity contribution in [2.45, 2.75) is 0 Å². The highest BCUT2D eigenvalue weighted by Gasteiger charge is 1.98. The molecule has 1 rings (SSSR count). The Bertz CT molecular complexity index is 244. The van der Waals surface area contributed by atoms with Crippen LogP contribution in [0.15, 0.2) is 35.4 Å². The summed E-state index contributed by atoms with van der Waals surface area (Å²) in [6.07, 6.45) is 0. The number of nitrogens with two attached hydrogens (primary N) is 1. The average Bonchev–Trinajstić information content (AvgIpc) is 2.09. The molecule has 0 aromatic heterocycles. The first kappa shape index (κ1) is 7.60. The van der Waals surface area contributed by atoms with Gasteiger partial charge in [-0.1, -0.05) is 18.2 Å². The van der Waals surface area contributed by atoms with E-state index < -0.39 is 0 Å². The fourth-order valence-corrected chi connectivity index (χ4v) is 0.826. The molecule has 2 N–H and O–H groups in total. The van der Waals surface area contributed by atoms with Gasteiger partial charge in [-0.3, -0.25) is 0 Å². The molecule has 3 nitrogen and oxygen atoms in total. The van der Waals surface area contributed by atoms with Crippen molar-refractivity contribution in [3.63, 3.8) is 0 Å². The van der Waals surface area contributed by atoms with Gasteiger partial charge in [0.05, 0.1) is 7.11 Å². The zero-order valence-electron chi connectivity index (χ0n) is 6.32. The molecule has 11 heavy (non-hydrogen) atoms. The van der Waals surface area contributed by atoms with Crippen molar-refractivity contribution in [2.24, 2.45) is 10.9 Å². The number of nitrogens with zero attached hydrogens (tertiary/aromatic N) is 1. The summed E-state index contributed by atoms with van der Waals surface area (Å²) in [5.41, 5.74) is 0.887. The maximum Gasteiger partial charge on any atom is 0.237 e. The highest BCUT2D eigenvalue weighted by Crippen LogP contribution is 2.00. The Hall–Kier alpha value is -1.51. The van der Waals surface area contributed by atoms with Gasteiger partial charge in [-0.2, -0.15) is 0 Å². The van der Waals surface area contributed by atoms with Gasteiger partial charge in [0.25, 0.3) is 0 Å². The molecule has 0 aliphatic rings. The van der Waals surface area contributed by atoms with Crippen molar-refractivity contribution in [2.75, 3.05) is 7.11 Å². The lowest BCUT2D eigenvalue weighted by Gasteiger charge is -2.01. The van der Waals surface area contributed by atoms with Gasteiger partial charge in [0.15, 0.2) is 0 Å². The standard InChI is InChI=1S/C8H10N2O/c1-11-8(10-9)7-5-3-2-4-6-7/h2-6H,9H2,1H3. The molecule has 0 saturated heterocycles. The number of methoxy groups -OCH3 is 1. The second-order valence-electron chi connectivity index (χ2n) is 2.00. The van der Waals surface area contributed by atoms with E-state index in [4.69, 9.17) is 10.6 Å². The smallest absolute Gasteiger partial charge is 0.237 e. The topological polar surface area (TPSA) is 47.6 Å². The molecule has 0 radical (unpaired) electrons. The highest BCUT2D eigenvalue weighted by atomic mass is 16.5. The number of hydrogen-bond donors (Lipinski definition) is 1. The lowest BCUT2D eigenvalue weighted by atomic mass is 10.2. The van der Waals surface area contributed by atoms with Crippen LogP contribution in [-0.2, 0) is 4.74 Å². The van der Waals surface area contributed by atoms with E-state index in [1.54, 1.807) is 7.11 Å². The van der Waals surface area contributed by atoms with Crippen LogP contribution in [-0.4, -0.2) is 13.0 Å². The summed E-state index contributed by atoms with van der Waals surface area (Å²) in [6.45, 7) is 0. The number of hydrogen-bond acceptors (Lipinski definition) is 3. The number of hydrazone groups is 1. The van der Waals surface area contributed by atoms with Crippen LogP contribution in [0.5, 0.6) is 0 Å². The second kappa shape index (κ2) is 3.61. The lowest BCUT2D eigenvalue weighted by molar-refractivity contribution is 0.403. The maximum absolute atomic E-state index is 5.08. The average molecular weight is 150 g/mol. The van der Waals surface area contributed by atoms with E-state index in [1.807, 2.05) is 30.3 Å². The molecule has 0 heterocycles. The van der Waals surface area contributed by atoms with Gasteiger partial charge >= 0.3 is 0 Å². The molecule has 0 saturated carbocycles. The molecule has 1 aromatic rings. The molecular weight excluding hydrogens is 140 g/mol. The minimum absolute atomic E-state index is 0.450. The van der Waals surface area contributed by atoms with Gasteiger partial charge in [0.1, 0.15) is 0 Å². The van der Waals surface area contributed by atoms with Crippen LogP contribution in [0.1, 0.15) is 5.56 Å². The third kappa shape index (κ3) is 1.70. The SMILES string of the molecule is COC(=NN)c1ccccc1. The summed E-state index contributed by atoms with van der Waals surface area (Å²) in [7, 11) is 1.54. The van der Waals surface area contributed by atoms with Crippen LogP contribution >= 0.6 is 0 Å². The van der Waals surface area contributed by atoms with Crippen LogP contribution in [0, 0.1) is 0 Å². The largest absolute Gasteiger partial charge is 0.480 e. The lowest BCUT2D eigenvalue weighted by Crippen LogP contribution is -2.05. The monoisotopic (exact) mass is 150 g/mol. The molecule has 0 amide bonds. The summed E-state index contributed by atoms with van der Waals surface area (Å²) < 4.78 is 4.91. The van der Waals surface area contributed by atoms with Crippen molar-refractivity contribution < 1.29 is 4.74 Å². The molecule has 0 aliphatic heterocycles. The molecule has 3 heteroatoms. The van der Waals surface area contributed by atoms with Crippen LogP contribution in [0.3, 0.4) is 0 Å². The summed E-state index contributed by atoms with van der Waals surface area (Å²) in [4.78, 5) is 0. The molecule has 0 unspecified atom stereocenters. The van der Waals surface area contributed by atoms with E-state index >= 15 is 0 Å². The van der Waals surface area contributed by atoms with E-state index in [2.05, 4.69) is 5.10 Å². The van der Waals surface area contributed by atoms with Gasteiger partial charge in [-0.15, -0.1) is 5.10 Å². The molecule has 1 aromatic carbocycles. The quantitative estimate of drug-likeness (QED) is 0.280. The summed E-state index contributed by atoms with van der Waals surface area (Å²) in [5, 5.41) is 3.47. The van der Waals surface area contributed by atoms with Crippen LogP contribution < -0.4 is 5.84 Å². The molecule has 0 bridgehead atoms. The van der Waals surface area contributed by atoms with Gasteiger partial charge in [-0.05, 0) is 12.1 Å². The molecule has 0 aliphatic carbocycles. The molecule has 0 atom stereocenters. The zero-order chi connectivity index (χ0) is 8.10. The predicted octanol–water partition coefficient (Wildman–Crippen LogP) is 0.953. The predicted molar refractivity (Wildman–Crippen MR) is 44.2 cm³/mol. The van der Waals surface area contributed by atoms with Crippen LogP contribution in [0.4, 0.5) is 0 Å². The number of benzene rings is 1. The van der Waals surface area contributed by atoms with Crippen molar-refractivity contribution in [1.29, 1.82) is 0 Å². The van der Waals surface area contributed by atoms with Gasteiger partial charge in [0, 0.05) is 5.56 Å². The maximum atomic E-state index is 5.08. The molecule has 0 spiro atoms. The van der Waals surface area contributed by atoms with Crippen molar-refractivity contribution in [1.82, 2.24) is 0 Å². The van der Waals surface area contributed by atoms with Gasteiger partial charge < -0.3 is 10.6 Å².